The van der Waals surface area contributed by atoms with E-state index in [-0.39, 0.29) is 18.2 Å². The lowest BCUT2D eigenvalue weighted by atomic mass is 10.2. The third kappa shape index (κ3) is 2.86. The van der Waals surface area contributed by atoms with E-state index in [0.29, 0.717) is 16.3 Å². The molecule has 7 heteroatoms. The van der Waals surface area contributed by atoms with E-state index in [4.69, 9.17) is 0 Å². The number of hydrogen-bond acceptors (Lipinski definition) is 5. The molecule has 0 bridgehead atoms. The highest BCUT2D eigenvalue weighted by atomic mass is 32.2. The Morgan fingerprint density at radius 3 is 2.73 bits per heavy atom. The number of benzene rings is 1. The molecule has 1 aliphatic heterocycles. The highest BCUT2D eigenvalue weighted by Crippen LogP contribution is 2.36. The minimum atomic E-state index is -0.633. The molecule has 2 aliphatic rings. The molecule has 1 aromatic heterocycles. The van der Waals surface area contributed by atoms with E-state index < -0.39 is 11.1 Å². The Morgan fingerprint density at radius 1 is 1.23 bits per heavy atom. The molecule has 5 nitrogen and oxygen atoms in total. The maximum atomic E-state index is 13.1. The first kappa shape index (κ1) is 16.7. The number of aryl methyl sites for hydroxylation is 2. The Balaban J connectivity index is 1.60. The van der Waals surface area contributed by atoms with Crippen molar-refractivity contribution in [2.75, 3.05) is 4.90 Å². The van der Waals surface area contributed by atoms with Gasteiger partial charge in [-0.3, -0.25) is 9.59 Å². The molecule has 2 amide bonds. The number of nitrogens with zero attached hydrogens (tertiary/aromatic N) is 3. The molecule has 0 radical (unpaired) electrons. The summed E-state index contributed by atoms with van der Waals surface area (Å²) in [5, 5.41) is 9.26. The van der Waals surface area contributed by atoms with E-state index in [9.17, 15) is 19.2 Å². The fourth-order valence-electron chi connectivity index (χ4n) is 3.32. The predicted molar refractivity (Wildman–Crippen MR) is 94.1 cm³/mol. The number of hydrogen-bond donors (Lipinski definition) is 0. The van der Waals surface area contributed by atoms with Crippen LogP contribution >= 0.6 is 11.8 Å². The van der Waals surface area contributed by atoms with Crippen LogP contribution in [-0.2, 0) is 22.4 Å². The van der Waals surface area contributed by atoms with Crippen molar-refractivity contribution in [2.45, 2.75) is 36.0 Å². The van der Waals surface area contributed by atoms with Gasteiger partial charge in [-0.05, 0) is 55.2 Å². The first-order chi connectivity index (χ1) is 12.6. The van der Waals surface area contributed by atoms with Gasteiger partial charge in [0.05, 0.1) is 16.5 Å². The number of halogens is 1. The van der Waals surface area contributed by atoms with Crippen molar-refractivity contribution < 1.29 is 14.0 Å². The number of carbonyl (C=O) groups excluding carboxylic acids is 2. The average molecular weight is 367 g/mol. The van der Waals surface area contributed by atoms with Gasteiger partial charge in [0.2, 0.25) is 11.8 Å². The van der Waals surface area contributed by atoms with Gasteiger partial charge < -0.3 is 0 Å². The molecule has 0 saturated carbocycles. The number of nitriles is 1. The van der Waals surface area contributed by atoms with Gasteiger partial charge in [0.25, 0.3) is 0 Å². The summed E-state index contributed by atoms with van der Waals surface area (Å²) in [6.07, 6.45) is 2.83. The van der Waals surface area contributed by atoms with Crippen LogP contribution in [-0.4, -0.2) is 22.0 Å². The number of amides is 2. The summed E-state index contributed by atoms with van der Waals surface area (Å²) in [4.78, 5) is 30.7. The minimum absolute atomic E-state index is 0.0323. The van der Waals surface area contributed by atoms with Crippen molar-refractivity contribution in [1.82, 2.24) is 4.98 Å². The lowest BCUT2D eigenvalue weighted by Crippen LogP contribution is -2.31. The van der Waals surface area contributed by atoms with Gasteiger partial charge in [-0.1, -0.05) is 11.8 Å². The maximum Gasteiger partial charge on any atom is 0.247 e. The minimum Gasteiger partial charge on any atom is -0.274 e. The van der Waals surface area contributed by atoms with Crippen molar-refractivity contribution >= 4 is 29.3 Å². The molecule has 1 atom stereocenters. The Hall–Kier alpha value is -2.72. The molecule has 130 valence electrons. The zero-order chi connectivity index (χ0) is 18.3. The second-order valence-corrected chi connectivity index (χ2v) is 7.46. The molecule has 1 aliphatic carbocycles. The first-order valence-electron chi connectivity index (χ1n) is 8.28. The number of carbonyl (C=O) groups is 2. The van der Waals surface area contributed by atoms with E-state index in [0.717, 1.165) is 47.2 Å². The molecule has 4 rings (SSSR count). The van der Waals surface area contributed by atoms with Crippen LogP contribution in [0.25, 0.3) is 0 Å². The van der Waals surface area contributed by atoms with Gasteiger partial charge >= 0.3 is 0 Å². The zero-order valence-corrected chi connectivity index (χ0v) is 14.6. The summed E-state index contributed by atoms with van der Waals surface area (Å²) in [7, 11) is 0. The number of fused-ring (bicyclic) bond motifs is 1. The van der Waals surface area contributed by atoms with E-state index in [1.54, 1.807) is 0 Å². The van der Waals surface area contributed by atoms with E-state index in [2.05, 4.69) is 11.1 Å². The predicted octanol–water partition coefficient (Wildman–Crippen LogP) is 3.01. The lowest BCUT2D eigenvalue weighted by molar-refractivity contribution is -0.121. The summed E-state index contributed by atoms with van der Waals surface area (Å²) < 4.78 is 13.1. The van der Waals surface area contributed by atoms with Crippen molar-refractivity contribution in [1.29, 1.82) is 5.26 Å². The molecule has 26 heavy (non-hydrogen) atoms. The van der Waals surface area contributed by atoms with Crippen LogP contribution in [0.2, 0.25) is 0 Å². The van der Waals surface area contributed by atoms with Gasteiger partial charge in [-0.15, -0.1) is 0 Å². The van der Waals surface area contributed by atoms with Crippen LogP contribution in [0.3, 0.4) is 0 Å². The summed E-state index contributed by atoms with van der Waals surface area (Å²) >= 11 is 1.16. The number of anilines is 1. The molecule has 0 spiro atoms. The Bertz CT molecular complexity index is 952. The molecule has 0 N–H and O–H groups in total. The zero-order valence-electron chi connectivity index (χ0n) is 13.7. The van der Waals surface area contributed by atoms with Crippen LogP contribution in [0.5, 0.6) is 0 Å². The van der Waals surface area contributed by atoms with Crippen LogP contribution in [0.4, 0.5) is 10.1 Å². The van der Waals surface area contributed by atoms with Gasteiger partial charge in [-0.25, -0.2) is 14.3 Å². The fourth-order valence-corrected chi connectivity index (χ4v) is 4.41. The second-order valence-electron chi connectivity index (χ2n) is 6.27. The fraction of sp³-hybridized carbons (Fsp3) is 0.263. The van der Waals surface area contributed by atoms with Crippen molar-refractivity contribution in [3.05, 3.63) is 53.0 Å². The highest BCUT2D eigenvalue weighted by Gasteiger charge is 2.40. The summed E-state index contributed by atoms with van der Waals surface area (Å²) in [5.41, 5.74) is 2.86. The van der Waals surface area contributed by atoms with Gasteiger partial charge in [0.15, 0.2) is 0 Å². The summed E-state index contributed by atoms with van der Waals surface area (Å²) in [6, 6.07) is 9.23. The summed E-state index contributed by atoms with van der Waals surface area (Å²) in [6.45, 7) is 0. The quantitative estimate of drug-likeness (QED) is 0.780. The van der Waals surface area contributed by atoms with Gasteiger partial charge in [-0.2, -0.15) is 5.26 Å². The van der Waals surface area contributed by atoms with Crippen LogP contribution in [0.1, 0.15) is 29.7 Å². The van der Waals surface area contributed by atoms with Crippen molar-refractivity contribution in [3.63, 3.8) is 0 Å². The average Bonchev–Trinajstić information content (AvgIpc) is 3.19. The SMILES string of the molecule is N#Cc1cc2c(nc1SC1CC(=O)N(c3ccc(F)cc3)C1=O)CCC2. The normalized spacial score (nSPS) is 18.9. The van der Waals surface area contributed by atoms with Crippen LogP contribution in [0, 0.1) is 17.1 Å². The highest BCUT2D eigenvalue weighted by molar-refractivity contribution is 8.00. The Labute approximate surface area is 153 Å². The van der Waals surface area contributed by atoms with Crippen molar-refractivity contribution in [3.8, 4) is 6.07 Å². The molecule has 1 aromatic carbocycles. The van der Waals surface area contributed by atoms with Gasteiger partial charge in [0.1, 0.15) is 16.9 Å². The first-order valence-corrected chi connectivity index (χ1v) is 9.16. The monoisotopic (exact) mass is 367 g/mol. The number of pyridine rings is 1. The molecule has 2 aromatic rings. The number of aromatic nitrogens is 1. The number of rotatable bonds is 3. The maximum absolute atomic E-state index is 13.1. The van der Waals surface area contributed by atoms with Gasteiger partial charge in [0, 0.05) is 12.1 Å². The number of imide groups is 1. The van der Waals surface area contributed by atoms with Crippen LogP contribution < -0.4 is 4.90 Å². The smallest absolute Gasteiger partial charge is 0.247 e. The third-order valence-electron chi connectivity index (χ3n) is 4.58. The second kappa shape index (κ2) is 6.54. The Kier molecular flexibility index (Phi) is 4.21. The molecule has 2 heterocycles. The molecule has 1 fully saturated rings. The molecule has 1 unspecified atom stereocenters. The van der Waals surface area contributed by atoms with E-state index in [1.165, 1.54) is 24.3 Å². The standard InChI is InChI=1S/C19H14FN3O2S/c20-13-4-6-14(7-5-13)23-17(24)9-16(19(23)25)26-18-12(10-21)8-11-2-1-3-15(11)22-18/h4-8,16H,1-3,9H2. The largest absolute Gasteiger partial charge is 0.274 e. The topological polar surface area (TPSA) is 74.1 Å². The third-order valence-corrected chi connectivity index (χ3v) is 5.77. The molecular formula is C19H14FN3O2S. The van der Waals surface area contributed by atoms with Crippen molar-refractivity contribution in [2.24, 2.45) is 0 Å². The van der Waals surface area contributed by atoms with Crippen LogP contribution in [0.15, 0.2) is 35.4 Å². The van der Waals surface area contributed by atoms with E-state index >= 15 is 0 Å². The van der Waals surface area contributed by atoms with E-state index in [1.807, 2.05) is 6.07 Å². The molecular weight excluding hydrogens is 353 g/mol. The lowest BCUT2D eigenvalue weighted by Gasteiger charge is -2.15. The summed E-state index contributed by atoms with van der Waals surface area (Å²) in [5.74, 6) is -1.13. The number of thioether (sulfide) groups is 1. The molecule has 1 saturated heterocycles. The Morgan fingerprint density at radius 2 is 2.00 bits per heavy atom.